The Morgan fingerprint density at radius 3 is 3.08 bits per heavy atom. The molecule has 0 saturated carbocycles. The van der Waals surface area contributed by atoms with Crippen molar-refractivity contribution in [2.24, 2.45) is 0 Å². The van der Waals surface area contributed by atoms with Crippen LogP contribution < -0.4 is 5.32 Å². The second-order valence-electron chi connectivity index (χ2n) is 6.45. The van der Waals surface area contributed by atoms with Gasteiger partial charge in [-0.1, -0.05) is 24.6 Å². The van der Waals surface area contributed by atoms with E-state index in [4.69, 9.17) is 0 Å². The maximum absolute atomic E-state index is 12.4. The second-order valence-corrected chi connectivity index (χ2v) is 7.70. The highest BCUT2D eigenvalue weighted by atomic mass is 32.2. The molecule has 0 fully saturated rings. The first-order chi connectivity index (χ1) is 11.8. The number of amides is 1. The number of aromatic nitrogens is 3. The SMILES string of the molecule is O=C(NCCc1nnc2n1CCCCC2)C1Cc2ccccc2S1. The Bertz CT molecular complexity index is 717. The molecule has 0 spiro atoms. The average molecular weight is 342 g/mol. The van der Waals surface area contributed by atoms with Crippen molar-refractivity contribution in [1.82, 2.24) is 20.1 Å². The van der Waals surface area contributed by atoms with Crippen LogP contribution in [0.3, 0.4) is 0 Å². The zero-order valence-corrected chi connectivity index (χ0v) is 14.5. The molecule has 6 heteroatoms. The Kier molecular flexibility index (Phi) is 4.56. The lowest BCUT2D eigenvalue weighted by atomic mass is 10.1. The van der Waals surface area contributed by atoms with Crippen molar-refractivity contribution in [3.63, 3.8) is 0 Å². The van der Waals surface area contributed by atoms with Crippen LogP contribution in [0.25, 0.3) is 0 Å². The zero-order valence-electron chi connectivity index (χ0n) is 13.7. The highest BCUT2D eigenvalue weighted by molar-refractivity contribution is 8.01. The summed E-state index contributed by atoms with van der Waals surface area (Å²) < 4.78 is 2.25. The van der Waals surface area contributed by atoms with Crippen molar-refractivity contribution in [2.45, 2.75) is 55.2 Å². The Hall–Kier alpha value is -1.82. The summed E-state index contributed by atoms with van der Waals surface area (Å²) in [6.07, 6.45) is 6.26. The molecular weight excluding hydrogens is 320 g/mol. The molecule has 1 atom stereocenters. The van der Waals surface area contributed by atoms with Crippen molar-refractivity contribution in [1.29, 1.82) is 0 Å². The summed E-state index contributed by atoms with van der Waals surface area (Å²) in [7, 11) is 0. The predicted octanol–water partition coefficient (Wildman–Crippen LogP) is 2.38. The van der Waals surface area contributed by atoms with Crippen LogP contribution in [0.5, 0.6) is 0 Å². The highest BCUT2D eigenvalue weighted by Gasteiger charge is 2.27. The van der Waals surface area contributed by atoms with Gasteiger partial charge < -0.3 is 9.88 Å². The molecule has 1 aromatic carbocycles. The molecular formula is C18H22N4OS. The molecule has 0 aliphatic carbocycles. The molecule has 0 radical (unpaired) electrons. The number of benzene rings is 1. The van der Waals surface area contributed by atoms with Gasteiger partial charge in [0, 0.05) is 30.8 Å². The van der Waals surface area contributed by atoms with Gasteiger partial charge in [0.2, 0.25) is 5.91 Å². The molecule has 2 aromatic rings. The zero-order chi connectivity index (χ0) is 16.4. The fourth-order valence-electron chi connectivity index (χ4n) is 3.47. The van der Waals surface area contributed by atoms with Crippen molar-refractivity contribution >= 4 is 17.7 Å². The Balaban J connectivity index is 1.31. The van der Waals surface area contributed by atoms with Crippen LogP contribution in [0.4, 0.5) is 0 Å². The van der Waals surface area contributed by atoms with Crippen LogP contribution in [0.2, 0.25) is 0 Å². The molecule has 24 heavy (non-hydrogen) atoms. The van der Waals surface area contributed by atoms with Crippen LogP contribution in [0, 0.1) is 0 Å². The second kappa shape index (κ2) is 6.97. The number of fused-ring (bicyclic) bond motifs is 2. The van der Waals surface area contributed by atoms with E-state index < -0.39 is 0 Å². The van der Waals surface area contributed by atoms with Crippen molar-refractivity contribution in [3.05, 3.63) is 41.5 Å². The van der Waals surface area contributed by atoms with E-state index in [9.17, 15) is 4.79 Å². The lowest BCUT2D eigenvalue weighted by Gasteiger charge is -2.10. The molecule has 2 aliphatic heterocycles. The molecule has 1 N–H and O–H groups in total. The predicted molar refractivity (Wildman–Crippen MR) is 94.1 cm³/mol. The van der Waals surface area contributed by atoms with Crippen LogP contribution in [-0.2, 0) is 30.6 Å². The number of rotatable bonds is 4. The van der Waals surface area contributed by atoms with Gasteiger partial charge in [-0.15, -0.1) is 22.0 Å². The first-order valence-electron chi connectivity index (χ1n) is 8.74. The van der Waals surface area contributed by atoms with Gasteiger partial charge in [-0.25, -0.2) is 0 Å². The molecule has 126 valence electrons. The summed E-state index contributed by atoms with van der Waals surface area (Å²) in [6.45, 7) is 1.64. The van der Waals surface area contributed by atoms with E-state index in [-0.39, 0.29) is 11.2 Å². The van der Waals surface area contributed by atoms with Gasteiger partial charge in [-0.3, -0.25) is 4.79 Å². The van der Waals surface area contributed by atoms with Gasteiger partial charge in [0.05, 0.1) is 5.25 Å². The lowest BCUT2D eigenvalue weighted by molar-refractivity contribution is -0.120. The Morgan fingerprint density at radius 2 is 2.17 bits per heavy atom. The summed E-state index contributed by atoms with van der Waals surface area (Å²) in [6, 6.07) is 8.28. The normalized spacial score (nSPS) is 19.4. The Labute approximate surface area is 146 Å². The maximum atomic E-state index is 12.4. The van der Waals surface area contributed by atoms with Crippen molar-refractivity contribution in [3.8, 4) is 0 Å². The monoisotopic (exact) mass is 342 g/mol. The molecule has 4 rings (SSSR count). The van der Waals surface area contributed by atoms with Crippen LogP contribution in [-0.4, -0.2) is 32.5 Å². The van der Waals surface area contributed by atoms with Gasteiger partial charge in [0.1, 0.15) is 11.6 Å². The molecule has 3 heterocycles. The molecule has 1 amide bonds. The first kappa shape index (κ1) is 15.7. The van der Waals surface area contributed by atoms with Crippen LogP contribution in [0.15, 0.2) is 29.2 Å². The minimum absolute atomic E-state index is 0.00193. The first-order valence-corrected chi connectivity index (χ1v) is 9.62. The van der Waals surface area contributed by atoms with Crippen molar-refractivity contribution in [2.75, 3.05) is 6.54 Å². The highest BCUT2D eigenvalue weighted by Crippen LogP contribution is 2.36. The molecule has 0 saturated heterocycles. The Morgan fingerprint density at radius 1 is 1.25 bits per heavy atom. The topological polar surface area (TPSA) is 59.8 Å². The lowest BCUT2D eigenvalue weighted by Crippen LogP contribution is -2.34. The molecule has 1 aromatic heterocycles. The quantitative estimate of drug-likeness (QED) is 0.927. The third kappa shape index (κ3) is 3.20. The van der Waals surface area contributed by atoms with Gasteiger partial charge >= 0.3 is 0 Å². The molecule has 5 nitrogen and oxygen atoms in total. The fourth-order valence-corrected chi connectivity index (χ4v) is 4.69. The third-order valence-corrected chi connectivity index (χ3v) is 6.09. The number of aryl methyl sites for hydroxylation is 1. The number of nitrogens with one attached hydrogen (secondary N) is 1. The van der Waals surface area contributed by atoms with Gasteiger partial charge in [-0.2, -0.15) is 0 Å². The fraction of sp³-hybridized carbons (Fsp3) is 0.500. The van der Waals surface area contributed by atoms with Crippen LogP contribution in [0.1, 0.15) is 36.5 Å². The number of thioether (sulfide) groups is 1. The van der Waals surface area contributed by atoms with E-state index >= 15 is 0 Å². The van der Waals surface area contributed by atoms with Gasteiger partial charge in [0.15, 0.2) is 0 Å². The van der Waals surface area contributed by atoms with E-state index in [1.165, 1.54) is 29.7 Å². The van der Waals surface area contributed by atoms with Gasteiger partial charge in [-0.05, 0) is 30.9 Å². The maximum Gasteiger partial charge on any atom is 0.233 e. The minimum Gasteiger partial charge on any atom is -0.355 e. The molecule has 1 unspecified atom stereocenters. The summed E-state index contributed by atoms with van der Waals surface area (Å²) >= 11 is 1.67. The number of hydrogen-bond donors (Lipinski definition) is 1. The minimum atomic E-state index is -0.00193. The summed E-state index contributed by atoms with van der Waals surface area (Å²) in [5, 5.41) is 11.7. The van der Waals surface area contributed by atoms with E-state index in [0.29, 0.717) is 6.54 Å². The largest absolute Gasteiger partial charge is 0.355 e. The number of hydrogen-bond acceptors (Lipinski definition) is 4. The van der Waals surface area contributed by atoms with E-state index in [1.54, 1.807) is 11.8 Å². The molecule has 0 bridgehead atoms. The average Bonchev–Trinajstić information content (AvgIpc) is 3.12. The van der Waals surface area contributed by atoms with E-state index in [2.05, 4.69) is 32.2 Å². The third-order valence-electron chi connectivity index (χ3n) is 4.77. The number of carbonyl (C=O) groups excluding carboxylic acids is 1. The summed E-state index contributed by atoms with van der Waals surface area (Å²) in [5.74, 6) is 2.25. The summed E-state index contributed by atoms with van der Waals surface area (Å²) in [4.78, 5) is 13.6. The van der Waals surface area contributed by atoms with E-state index in [1.807, 2.05) is 12.1 Å². The van der Waals surface area contributed by atoms with Gasteiger partial charge in [0.25, 0.3) is 0 Å². The summed E-state index contributed by atoms with van der Waals surface area (Å²) in [5.41, 5.74) is 1.28. The van der Waals surface area contributed by atoms with Crippen LogP contribution >= 0.6 is 11.8 Å². The number of carbonyl (C=O) groups is 1. The smallest absolute Gasteiger partial charge is 0.233 e. The van der Waals surface area contributed by atoms with E-state index in [0.717, 1.165) is 37.5 Å². The van der Waals surface area contributed by atoms with Crippen molar-refractivity contribution < 1.29 is 4.79 Å². The molecule has 2 aliphatic rings. The standard InChI is InChI=1S/C18H22N4OS/c23-18(15-12-13-6-3-4-7-14(13)24-15)19-10-9-17-21-20-16-8-2-1-5-11-22(16)17/h3-4,6-7,15H,1-2,5,8-12H2,(H,19,23). The number of nitrogens with zero attached hydrogens (tertiary/aromatic N) is 3.